The molecule has 7 heteroatoms. The van der Waals surface area contributed by atoms with E-state index in [9.17, 15) is 9.70 Å². The molecule has 0 aromatic carbocycles. The van der Waals surface area contributed by atoms with E-state index in [-0.39, 0.29) is 15.9 Å². The van der Waals surface area contributed by atoms with Crippen LogP contribution in [-0.2, 0) is 4.84 Å². The normalized spacial score (nSPS) is 9.38. The summed E-state index contributed by atoms with van der Waals surface area (Å²) in [6.07, 6.45) is 0. The van der Waals surface area contributed by atoms with Crippen LogP contribution in [0.1, 0.15) is 10.4 Å². The number of carbonyl (C=O) groups is 1. The number of carbonyl (C=O) groups excluding carboxylic acids is 1. The SMILES string of the molecule is O=NOC(=O)c1cc(Cl)nc(Cl)c1. The number of halogens is 2. The van der Waals surface area contributed by atoms with Gasteiger partial charge >= 0.3 is 5.97 Å². The van der Waals surface area contributed by atoms with Gasteiger partial charge in [-0.2, -0.15) is 0 Å². The smallest absolute Gasteiger partial charge is 0.279 e. The van der Waals surface area contributed by atoms with Gasteiger partial charge < -0.3 is 0 Å². The van der Waals surface area contributed by atoms with Crippen LogP contribution in [0.15, 0.2) is 17.5 Å². The Morgan fingerprint density at radius 2 is 1.92 bits per heavy atom. The summed E-state index contributed by atoms with van der Waals surface area (Å²) in [6.45, 7) is 0. The molecule has 0 aliphatic carbocycles. The molecule has 5 nitrogen and oxygen atoms in total. The fourth-order valence-electron chi connectivity index (χ4n) is 0.669. The van der Waals surface area contributed by atoms with Gasteiger partial charge in [-0.1, -0.05) is 23.2 Å². The zero-order valence-electron chi connectivity index (χ0n) is 6.03. The molecule has 1 aromatic rings. The topological polar surface area (TPSA) is 68.6 Å². The summed E-state index contributed by atoms with van der Waals surface area (Å²) in [4.78, 5) is 27.9. The molecule has 1 heterocycles. The van der Waals surface area contributed by atoms with Crippen molar-refractivity contribution in [3.8, 4) is 0 Å². The van der Waals surface area contributed by atoms with Crippen LogP contribution in [0.5, 0.6) is 0 Å². The molecule has 0 bridgehead atoms. The fourth-order valence-corrected chi connectivity index (χ4v) is 1.13. The molecular formula is C6H2Cl2N2O3. The van der Waals surface area contributed by atoms with Gasteiger partial charge in [0, 0.05) is 0 Å². The van der Waals surface area contributed by atoms with Gasteiger partial charge in [-0.15, -0.1) is 4.91 Å². The molecule has 0 saturated heterocycles. The Hall–Kier alpha value is -1.20. The van der Waals surface area contributed by atoms with Gasteiger partial charge in [-0.3, -0.25) is 4.84 Å². The van der Waals surface area contributed by atoms with E-state index in [4.69, 9.17) is 23.2 Å². The molecule has 68 valence electrons. The second-order valence-electron chi connectivity index (χ2n) is 1.95. The van der Waals surface area contributed by atoms with Gasteiger partial charge in [-0.25, -0.2) is 9.78 Å². The molecule has 13 heavy (non-hydrogen) atoms. The highest BCUT2D eigenvalue weighted by atomic mass is 35.5. The third kappa shape index (κ3) is 2.64. The minimum absolute atomic E-state index is 0.0181. The molecule has 0 spiro atoms. The minimum Gasteiger partial charge on any atom is -0.279 e. The molecule has 0 amide bonds. The summed E-state index contributed by atoms with van der Waals surface area (Å²) in [7, 11) is 0. The maximum Gasteiger partial charge on any atom is 0.369 e. The Morgan fingerprint density at radius 1 is 1.38 bits per heavy atom. The lowest BCUT2D eigenvalue weighted by molar-refractivity contribution is 0.0508. The second-order valence-corrected chi connectivity index (χ2v) is 2.73. The van der Waals surface area contributed by atoms with E-state index in [1.807, 2.05) is 5.34 Å². The summed E-state index contributed by atoms with van der Waals surface area (Å²) >= 11 is 11.0. The van der Waals surface area contributed by atoms with Gasteiger partial charge in [0.2, 0.25) is 0 Å². The number of rotatable bonds is 2. The standard InChI is InChI=1S/C6H2Cl2N2O3/c7-4-1-3(2-5(8)9-4)6(11)13-10-12/h1-2H. The highest BCUT2D eigenvalue weighted by molar-refractivity contribution is 6.32. The fraction of sp³-hybridized carbons (Fsp3) is 0. The van der Waals surface area contributed by atoms with Gasteiger partial charge in [0.15, 0.2) is 5.34 Å². The largest absolute Gasteiger partial charge is 0.369 e. The van der Waals surface area contributed by atoms with Crippen LogP contribution in [0.25, 0.3) is 0 Å². The molecule has 1 rings (SSSR count). The number of hydrogen-bond donors (Lipinski definition) is 0. The minimum atomic E-state index is -0.929. The van der Waals surface area contributed by atoms with Crippen molar-refractivity contribution >= 4 is 29.2 Å². The quantitative estimate of drug-likeness (QED) is 0.436. The lowest BCUT2D eigenvalue weighted by Gasteiger charge is -1.96. The maximum absolute atomic E-state index is 10.9. The lowest BCUT2D eigenvalue weighted by Crippen LogP contribution is -2.00. The first-order valence-corrected chi connectivity index (χ1v) is 3.76. The van der Waals surface area contributed by atoms with E-state index in [0.29, 0.717) is 0 Å². The molecular weight excluding hydrogens is 219 g/mol. The zero-order valence-corrected chi connectivity index (χ0v) is 7.54. The molecule has 0 N–H and O–H groups in total. The summed E-state index contributed by atoms with van der Waals surface area (Å²) < 4.78 is 0. The molecule has 1 aromatic heterocycles. The number of hydrogen-bond acceptors (Lipinski definition) is 5. The maximum atomic E-state index is 10.9. The molecule has 0 atom stereocenters. The Balaban J connectivity index is 3.00. The van der Waals surface area contributed by atoms with Gasteiger partial charge in [0.05, 0.1) is 5.56 Å². The van der Waals surface area contributed by atoms with Gasteiger partial charge in [0.25, 0.3) is 0 Å². The Kier molecular flexibility index (Phi) is 3.16. The molecule has 0 aliphatic heterocycles. The molecule has 0 unspecified atom stereocenters. The lowest BCUT2D eigenvalue weighted by atomic mass is 10.3. The van der Waals surface area contributed by atoms with Crippen molar-refractivity contribution in [2.75, 3.05) is 0 Å². The van der Waals surface area contributed by atoms with Crippen LogP contribution in [0, 0.1) is 4.91 Å². The zero-order chi connectivity index (χ0) is 9.84. The van der Waals surface area contributed by atoms with E-state index < -0.39 is 5.97 Å². The van der Waals surface area contributed by atoms with E-state index in [1.165, 1.54) is 12.1 Å². The average Bonchev–Trinajstić information content (AvgIpc) is 2.03. The number of pyridine rings is 1. The average molecular weight is 221 g/mol. The molecule has 0 aliphatic rings. The summed E-state index contributed by atoms with van der Waals surface area (Å²) in [5.41, 5.74) is 0.0181. The van der Waals surface area contributed by atoms with Crippen molar-refractivity contribution < 1.29 is 9.63 Å². The molecule has 0 fully saturated rings. The van der Waals surface area contributed by atoms with Gasteiger partial charge in [0.1, 0.15) is 10.3 Å². The van der Waals surface area contributed by atoms with Crippen molar-refractivity contribution in [1.29, 1.82) is 0 Å². The summed E-state index contributed by atoms with van der Waals surface area (Å²) in [6, 6.07) is 2.42. The third-order valence-electron chi connectivity index (χ3n) is 1.12. The summed E-state index contributed by atoms with van der Waals surface area (Å²) in [5, 5.41) is 2.03. The van der Waals surface area contributed by atoms with E-state index in [1.54, 1.807) is 0 Å². The first-order valence-electron chi connectivity index (χ1n) is 3.00. The van der Waals surface area contributed by atoms with Crippen LogP contribution < -0.4 is 0 Å². The molecule has 0 saturated carbocycles. The predicted molar refractivity (Wildman–Crippen MR) is 45.5 cm³/mol. The van der Waals surface area contributed by atoms with Crippen molar-refractivity contribution in [3.05, 3.63) is 32.9 Å². The van der Waals surface area contributed by atoms with Crippen molar-refractivity contribution in [2.24, 2.45) is 5.34 Å². The monoisotopic (exact) mass is 220 g/mol. The van der Waals surface area contributed by atoms with Crippen LogP contribution in [-0.4, -0.2) is 11.0 Å². The van der Waals surface area contributed by atoms with Crippen LogP contribution in [0.4, 0.5) is 0 Å². The second kappa shape index (κ2) is 4.15. The van der Waals surface area contributed by atoms with Crippen LogP contribution >= 0.6 is 23.2 Å². The Labute approximate surface area is 82.5 Å². The first-order chi connectivity index (χ1) is 6.13. The predicted octanol–water partition coefficient (Wildman–Crippen LogP) is 2.23. The van der Waals surface area contributed by atoms with Crippen LogP contribution in [0.2, 0.25) is 10.3 Å². The Bertz CT molecular complexity index is 335. The van der Waals surface area contributed by atoms with Gasteiger partial charge in [-0.05, 0) is 12.1 Å². The van der Waals surface area contributed by atoms with E-state index >= 15 is 0 Å². The van der Waals surface area contributed by atoms with Crippen LogP contribution in [0.3, 0.4) is 0 Å². The first kappa shape index (κ1) is 9.88. The van der Waals surface area contributed by atoms with Crippen molar-refractivity contribution in [2.45, 2.75) is 0 Å². The highest BCUT2D eigenvalue weighted by Gasteiger charge is 2.10. The molecule has 0 radical (unpaired) electrons. The third-order valence-corrected chi connectivity index (χ3v) is 1.51. The van der Waals surface area contributed by atoms with Crippen molar-refractivity contribution in [3.63, 3.8) is 0 Å². The van der Waals surface area contributed by atoms with E-state index in [0.717, 1.165) is 0 Å². The van der Waals surface area contributed by atoms with E-state index in [2.05, 4.69) is 9.82 Å². The number of nitrogens with zero attached hydrogens (tertiary/aromatic N) is 2. The summed E-state index contributed by atoms with van der Waals surface area (Å²) in [5.74, 6) is -0.929. The van der Waals surface area contributed by atoms with Crippen molar-refractivity contribution in [1.82, 2.24) is 4.98 Å². The number of aromatic nitrogens is 1. The highest BCUT2D eigenvalue weighted by Crippen LogP contribution is 2.15. The Morgan fingerprint density at radius 3 is 2.38 bits per heavy atom.